The van der Waals surface area contributed by atoms with Crippen molar-refractivity contribution < 1.29 is 9.72 Å². The molecule has 0 radical (unpaired) electrons. The van der Waals surface area contributed by atoms with E-state index < -0.39 is 10.5 Å². The van der Waals surface area contributed by atoms with Crippen LogP contribution in [-0.2, 0) is 11.3 Å². The SMILES string of the molecule is NC(CNC(=O)Cn1cc([N+](=O)[O-])ccc1=O)C1CC1. The first kappa shape index (κ1) is 14.2. The molecule has 1 aliphatic carbocycles. The van der Waals surface area contributed by atoms with E-state index in [1.54, 1.807) is 0 Å². The molecule has 0 saturated heterocycles. The van der Waals surface area contributed by atoms with Crippen LogP contribution < -0.4 is 16.6 Å². The van der Waals surface area contributed by atoms with Gasteiger partial charge in [-0.25, -0.2) is 0 Å². The summed E-state index contributed by atoms with van der Waals surface area (Å²) in [6.45, 7) is 0.102. The summed E-state index contributed by atoms with van der Waals surface area (Å²) in [4.78, 5) is 33.2. The zero-order valence-electron chi connectivity index (χ0n) is 10.8. The lowest BCUT2D eigenvalue weighted by Gasteiger charge is -2.12. The lowest BCUT2D eigenvalue weighted by molar-refractivity contribution is -0.385. The summed E-state index contributed by atoms with van der Waals surface area (Å²) in [6, 6.07) is 2.11. The number of carbonyl (C=O) groups is 1. The van der Waals surface area contributed by atoms with Crippen molar-refractivity contribution in [2.75, 3.05) is 6.54 Å². The highest BCUT2D eigenvalue weighted by Gasteiger charge is 2.28. The van der Waals surface area contributed by atoms with Crippen molar-refractivity contribution in [3.05, 3.63) is 38.8 Å². The Bertz CT molecular complexity index is 579. The second-order valence-electron chi connectivity index (χ2n) is 4.92. The first-order valence-electron chi connectivity index (χ1n) is 6.34. The Labute approximate surface area is 114 Å². The molecule has 8 heteroatoms. The molecular weight excluding hydrogens is 264 g/mol. The minimum absolute atomic E-state index is 0.0687. The van der Waals surface area contributed by atoms with Crippen LogP contribution in [0.15, 0.2) is 23.1 Å². The molecule has 1 amide bonds. The van der Waals surface area contributed by atoms with Crippen molar-refractivity contribution in [1.82, 2.24) is 9.88 Å². The summed E-state index contributed by atoms with van der Waals surface area (Å²) in [7, 11) is 0. The van der Waals surface area contributed by atoms with Crippen LogP contribution in [-0.4, -0.2) is 28.0 Å². The number of carbonyl (C=O) groups excluding carboxylic acids is 1. The van der Waals surface area contributed by atoms with Gasteiger partial charge in [-0.2, -0.15) is 0 Å². The molecule has 20 heavy (non-hydrogen) atoms. The largest absolute Gasteiger partial charge is 0.353 e. The van der Waals surface area contributed by atoms with E-state index in [9.17, 15) is 19.7 Å². The second kappa shape index (κ2) is 5.83. The number of aromatic nitrogens is 1. The van der Waals surface area contributed by atoms with Gasteiger partial charge in [0.2, 0.25) is 5.91 Å². The van der Waals surface area contributed by atoms with Gasteiger partial charge in [0.25, 0.3) is 11.2 Å². The highest BCUT2D eigenvalue weighted by atomic mass is 16.6. The molecule has 3 N–H and O–H groups in total. The van der Waals surface area contributed by atoms with E-state index in [1.807, 2.05) is 0 Å². The van der Waals surface area contributed by atoms with Crippen LogP contribution in [0.4, 0.5) is 5.69 Å². The van der Waals surface area contributed by atoms with E-state index >= 15 is 0 Å². The number of hydrogen-bond acceptors (Lipinski definition) is 5. The van der Waals surface area contributed by atoms with Gasteiger partial charge < -0.3 is 11.1 Å². The van der Waals surface area contributed by atoms with Crippen LogP contribution in [0.25, 0.3) is 0 Å². The van der Waals surface area contributed by atoms with Crippen molar-refractivity contribution in [1.29, 1.82) is 0 Å². The van der Waals surface area contributed by atoms with Gasteiger partial charge in [0.1, 0.15) is 6.54 Å². The first-order valence-corrected chi connectivity index (χ1v) is 6.34. The average Bonchev–Trinajstić information content (AvgIpc) is 3.22. The number of amides is 1. The minimum atomic E-state index is -0.614. The van der Waals surface area contributed by atoms with E-state index in [0.717, 1.165) is 35.7 Å². The number of nitrogens with zero attached hydrogens (tertiary/aromatic N) is 2. The van der Waals surface area contributed by atoms with Gasteiger partial charge in [-0.1, -0.05) is 0 Å². The third-order valence-corrected chi connectivity index (χ3v) is 3.26. The summed E-state index contributed by atoms with van der Waals surface area (Å²) in [5.41, 5.74) is 5.15. The fourth-order valence-electron chi connectivity index (χ4n) is 1.88. The predicted octanol–water partition coefficient (Wildman–Crippen LogP) is -0.390. The van der Waals surface area contributed by atoms with E-state index in [1.165, 1.54) is 0 Å². The Hall–Kier alpha value is -2.22. The molecule has 0 spiro atoms. The lowest BCUT2D eigenvalue weighted by atomic mass is 10.2. The van der Waals surface area contributed by atoms with E-state index in [0.29, 0.717) is 12.5 Å². The lowest BCUT2D eigenvalue weighted by Crippen LogP contribution is -2.40. The van der Waals surface area contributed by atoms with Crippen molar-refractivity contribution in [2.24, 2.45) is 11.7 Å². The standard InChI is InChI=1S/C12H16N4O4/c13-10(8-1-2-8)5-14-11(17)7-15-6-9(16(19)20)3-4-12(15)18/h3-4,6,8,10H,1-2,5,7,13H2,(H,14,17). The molecule has 1 fully saturated rings. The van der Waals surface area contributed by atoms with E-state index in [-0.39, 0.29) is 24.2 Å². The van der Waals surface area contributed by atoms with Gasteiger partial charge in [0, 0.05) is 24.7 Å². The molecule has 108 valence electrons. The summed E-state index contributed by atoms with van der Waals surface area (Å²) >= 11 is 0. The van der Waals surface area contributed by atoms with Crippen LogP contribution in [0.3, 0.4) is 0 Å². The molecule has 2 rings (SSSR count). The molecule has 1 aromatic heterocycles. The van der Waals surface area contributed by atoms with E-state index in [2.05, 4.69) is 5.32 Å². The highest BCUT2D eigenvalue weighted by molar-refractivity contribution is 5.75. The maximum Gasteiger partial charge on any atom is 0.285 e. The summed E-state index contributed by atoms with van der Waals surface area (Å²) in [5, 5.41) is 13.3. The van der Waals surface area contributed by atoms with Gasteiger partial charge in [-0.3, -0.25) is 24.3 Å². The van der Waals surface area contributed by atoms with Crippen LogP contribution in [0.1, 0.15) is 12.8 Å². The molecule has 0 aliphatic heterocycles. The quantitative estimate of drug-likeness (QED) is 0.543. The Balaban J connectivity index is 1.94. The van der Waals surface area contributed by atoms with Crippen molar-refractivity contribution >= 4 is 11.6 Å². The Morgan fingerprint density at radius 1 is 1.55 bits per heavy atom. The normalized spacial score (nSPS) is 15.7. The Kier molecular flexibility index (Phi) is 4.14. The Morgan fingerprint density at radius 3 is 2.85 bits per heavy atom. The fraction of sp³-hybridized carbons (Fsp3) is 0.500. The number of nitrogens with two attached hydrogens (primary N) is 1. The first-order chi connectivity index (χ1) is 9.47. The zero-order chi connectivity index (χ0) is 14.7. The van der Waals surface area contributed by atoms with Gasteiger partial charge in [0.05, 0.1) is 11.1 Å². The topological polar surface area (TPSA) is 120 Å². The molecule has 1 heterocycles. The Morgan fingerprint density at radius 2 is 2.25 bits per heavy atom. The van der Waals surface area contributed by atoms with Crippen molar-refractivity contribution in [3.63, 3.8) is 0 Å². The molecule has 0 aromatic carbocycles. The number of nitro groups is 1. The molecule has 8 nitrogen and oxygen atoms in total. The molecule has 1 saturated carbocycles. The molecular formula is C12H16N4O4. The smallest absolute Gasteiger partial charge is 0.285 e. The number of nitrogens with one attached hydrogen (secondary N) is 1. The summed E-state index contributed by atoms with van der Waals surface area (Å²) in [5.74, 6) is 0.0829. The zero-order valence-corrected chi connectivity index (χ0v) is 10.8. The summed E-state index contributed by atoms with van der Waals surface area (Å²) < 4.78 is 1.01. The van der Waals surface area contributed by atoms with Gasteiger partial charge in [-0.15, -0.1) is 0 Å². The number of pyridine rings is 1. The summed E-state index contributed by atoms with van der Waals surface area (Å²) in [6.07, 6.45) is 3.23. The monoisotopic (exact) mass is 280 g/mol. The number of hydrogen-bond donors (Lipinski definition) is 2. The van der Waals surface area contributed by atoms with Crippen LogP contribution in [0.2, 0.25) is 0 Å². The average molecular weight is 280 g/mol. The van der Waals surface area contributed by atoms with Gasteiger partial charge >= 0.3 is 0 Å². The van der Waals surface area contributed by atoms with Gasteiger partial charge in [0.15, 0.2) is 0 Å². The number of rotatable bonds is 6. The maximum atomic E-state index is 11.7. The predicted molar refractivity (Wildman–Crippen MR) is 71.1 cm³/mol. The van der Waals surface area contributed by atoms with E-state index in [4.69, 9.17) is 5.73 Å². The minimum Gasteiger partial charge on any atom is -0.353 e. The third-order valence-electron chi connectivity index (χ3n) is 3.26. The van der Waals surface area contributed by atoms with Crippen LogP contribution in [0, 0.1) is 16.0 Å². The van der Waals surface area contributed by atoms with Crippen molar-refractivity contribution in [2.45, 2.75) is 25.4 Å². The van der Waals surface area contributed by atoms with Crippen LogP contribution >= 0.6 is 0 Å². The molecule has 1 aromatic rings. The maximum absolute atomic E-state index is 11.7. The fourth-order valence-corrected chi connectivity index (χ4v) is 1.88. The molecule has 1 aliphatic rings. The second-order valence-corrected chi connectivity index (χ2v) is 4.92. The highest BCUT2D eigenvalue weighted by Crippen LogP contribution is 2.31. The van der Waals surface area contributed by atoms with Crippen LogP contribution in [0.5, 0.6) is 0 Å². The molecule has 1 unspecified atom stereocenters. The third kappa shape index (κ3) is 3.64. The van der Waals surface area contributed by atoms with Gasteiger partial charge in [-0.05, 0) is 18.8 Å². The molecule has 1 atom stereocenters. The molecule has 0 bridgehead atoms. The van der Waals surface area contributed by atoms with Crippen molar-refractivity contribution in [3.8, 4) is 0 Å².